The number of benzene rings is 2. The van der Waals surface area contributed by atoms with Crippen LogP contribution in [-0.4, -0.2) is 86.2 Å². The van der Waals surface area contributed by atoms with Crippen LogP contribution in [0.4, 0.5) is 11.4 Å². The van der Waals surface area contributed by atoms with Gasteiger partial charge in [-0.2, -0.15) is 0 Å². The summed E-state index contributed by atoms with van der Waals surface area (Å²) in [4.78, 5) is 4.43. The van der Waals surface area contributed by atoms with Gasteiger partial charge in [0.1, 0.15) is 5.60 Å². The molecular weight excluding hydrogens is 420 g/mol. The fourth-order valence-corrected chi connectivity index (χ4v) is 3.71. The van der Waals surface area contributed by atoms with Crippen LogP contribution >= 0.6 is 0 Å². The molecule has 0 saturated carbocycles. The number of methoxy groups -OCH3 is 4. The quantitative estimate of drug-likeness (QED) is 0.413. The predicted octanol–water partition coefficient (Wildman–Crippen LogP) is 3.14. The van der Waals surface area contributed by atoms with Gasteiger partial charge in [0.05, 0.1) is 26.4 Å². The Morgan fingerprint density at radius 3 is 1.09 bits per heavy atom. The summed E-state index contributed by atoms with van der Waals surface area (Å²) in [5.74, 6) is 0. The molecule has 33 heavy (non-hydrogen) atoms. The van der Waals surface area contributed by atoms with Gasteiger partial charge in [-0.15, -0.1) is 0 Å². The molecule has 0 aliphatic rings. The minimum Gasteiger partial charge on any atom is -0.383 e. The highest BCUT2D eigenvalue weighted by atomic mass is 16.5. The van der Waals surface area contributed by atoms with Gasteiger partial charge in [0.15, 0.2) is 0 Å². The zero-order valence-corrected chi connectivity index (χ0v) is 20.8. The zero-order chi connectivity index (χ0) is 24.1. The molecule has 1 N–H and O–H groups in total. The van der Waals surface area contributed by atoms with Gasteiger partial charge in [0.25, 0.3) is 0 Å². The van der Waals surface area contributed by atoms with E-state index in [1.807, 2.05) is 55.5 Å². The van der Waals surface area contributed by atoms with Crippen LogP contribution < -0.4 is 9.80 Å². The molecule has 2 aromatic rings. The van der Waals surface area contributed by atoms with E-state index in [1.165, 1.54) is 0 Å². The average molecular weight is 461 g/mol. The minimum absolute atomic E-state index is 0.640. The van der Waals surface area contributed by atoms with Crippen molar-refractivity contribution in [2.45, 2.75) is 12.5 Å². The first-order valence-electron chi connectivity index (χ1n) is 11.4. The molecule has 0 atom stereocenters. The molecule has 2 aromatic carbocycles. The Kier molecular flexibility index (Phi) is 11.6. The van der Waals surface area contributed by atoms with Gasteiger partial charge in [-0.1, -0.05) is 24.3 Å². The van der Waals surface area contributed by atoms with Gasteiger partial charge in [0.2, 0.25) is 0 Å². The fourth-order valence-electron chi connectivity index (χ4n) is 3.71. The van der Waals surface area contributed by atoms with Crippen molar-refractivity contribution in [3.05, 3.63) is 59.7 Å². The van der Waals surface area contributed by atoms with Crippen molar-refractivity contribution in [3.8, 4) is 0 Å². The minimum atomic E-state index is -1.11. The van der Waals surface area contributed by atoms with E-state index in [-0.39, 0.29) is 0 Å². The van der Waals surface area contributed by atoms with E-state index >= 15 is 0 Å². The van der Waals surface area contributed by atoms with Crippen LogP contribution in [0.15, 0.2) is 48.5 Å². The van der Waals surface area contributed by atoms with E-state index in [2.05, 4.69) is 9.80 Å². The standard InChI is InChI=1S/C26H40N2O5/c1-26(29,22-6-10-24(11-7-22)27(14-18-30-2)15-19-31-3)23-8-12-25(13-9-23)28(16-20-32-4)17-21-33-5/h6-13,29H,14-21H2,1-5H3. The maximum absolute atomic E-state index is 11.4. The topological polar surface area (TPSA) is 63.6 Å². The van der Waals surface area contributed by atoms with Crippen LogP contribution in [0, 0.1) is 0 Å². The summed E-state index contributed by atoms with van der Waals surface area (Å²) in [5, 5.41) is 11.4. The lowest BCUT2D eigenvalue weighted by molar-refractivity contribution is 0.102. The summed E-state index contributed by atoms with van der Waals surface area (Å²) < 4.78 is 21.0. The van der Waals surface area contributed by atoms with Gasteiger partial charge >= 0.3 is 0 Å². The molecule has 0 bridgehead atoms. The first-order chi connectivity index (χ1) is 16.0. The van der Waals surface area contributed by atoms with Gasteiger partial charge in [-0.3, -0.25) is 0 Å². The van der Waals surface area contributed by atoms with Crippen molar-refractivity contribution in [1.29, 1.82) is 0 Å². The van der Waals surface area contributed by atoms with Gasteiger partial charge in [-0.25, -0.2) is 0 Å². The first kappa shape index (κ1) is 27.1. The summed E-state index contributed by atoms with van der Waals surface area (Å²) in [7, 11) is 6.81. The summed E-state index contributed by atoms with van der Waals surface area (Å²) in [6, 6.07) is 16.1. The molecule has 0 amide bonds. The van der Waals surface area contributed by atoms with E-state index in [9.17, 15) is 5.11 Å². The lowest BCUT2D eigenvalue weighted by Gasteiger charge is -2.29. The summed E-state index contributed by atoms with van der Waals surface area (Å²) in [6.45, 7) is 7.50. The van der Waals surface area contributed by atoms with Crippen molar-refractivity contribution < 1.29 is 24.1 Å². The SMILES string of the molecule is COCCN(CCOC)c1ccc(C(C)(O)c2ccc(N(CCOC)CCOC)cc2)cc1. The number of anilines is 2. The van der Waals surface area contributed by atoms with Crippen LogP contribution in [0.5, 0.6) is 0 Å². The largest absolute Gasteiger partial charge is 0.383 e. The first-order valence-corrected chi connectivity index (χ1v) is 11.4. The Balaban J connectivity index is 2.17. The van der Waals surface area contributed by atoms with E-state index in [1.54, 1.807) is 28.4 Å². The smallest absolute Gasteiger partial charge is 0.112 e. The normalized spacial score (nSPS) is 11.6. The Morgan fingerprint density at radius 2 is 0.848 bits per heavy atom. The van der Waals surface area contributed by atoms with Gasteiger partial charge in [-0.05, 0) is 42.3 Å². The zero-order valence-electron chi connectivity index (χ0n) is 20.8. The number of hydrogen-bond donors (Lipinski definition) is 1. The van der Waals surface area contributed by atoms with Crippen LogP contribution in [0.2, 0.25) is 0 Å². The number of rotatable bonds is 16. The second-order valence-corrected chi connectivity index (χ2v) is 8.11. The molecule has 0 fully saturated rings. The third kappa shape index (κ3) is 7.98. The molecule has 7 nitrogen and oxygen atoms in total. The third-order valence-corrected chi connectivity index (χ3v) is 5.85. The second kappa shape index (κ2) is 14.2. The lowest BCUT2D eigenvalue weighted by atomic mass is 9.88. The summed E-state index contributed by atoms with van der Waals surface area (Å²) in [5.41, 5.74) is 2.73. The Morgan fingerprint density at radius 1 is 0.576 bits per heavy atom. The van der Waals surface area contributed by atoms with Crippen molar-refractivity contribution >= 4 is 11.4 Å². The summed E-state index contributed by atoms with van der Waals surface area (Å²) in [6.07, 6.45) is 0. The molecule has 0 saturated heterocycles. The van der Waals surface area contributed by atoms with E-state index in [4.69, 9.17) is 18.9 Å². The molecule has 7 heteroatoms. The number of nitrogens with zero attached hydrogens (tertiary/aromatic N) is 2. The molecule has 0 aromatic heterocycles. The average Bonchev–Trinajstić information content (AvgIpc) is 2.84. The summed E-state index contributed by atoms with van der Waals surface area (Å²) >= 11 is 0. The molecule has 0 aliphatic carbocycles. The Bertz CT molecular complexity index is 699. The monoisotopic (exact) mass is 460 g/mol. The molecule has 2 rings (SSSR count). The Labute approximate surface area is 198 Å². The van der Waals surface area contributed by atoms with E-state index in [0.717, 1.165) is 48.7 Å². The lowest BCUT2D eigenvalue weighted by Crippen LogP contribution is -2.31. The molecular formula is C26H40N2O5. The number of hydrogen-bond acceptors (Lipinski definition) is 7. The van der Waals surface area contributed by atoms with Gasteiger partial charge < -0.3 is 33.9 Å². The predicted molar refractivity (Wildman–Crippen MR) is 133 cm³/mol. The fraction of sp³-hybridized carbons (Fsp3) is 0.538. The maximum atomic E-state index is 11.4. The van der Waals surface area contributed by atoms with Crippen LogP contribution in [-0.2, 0) is 24.5 Å². The van der Waals surface area contributed by atoms with Crippen LogP contribution in [0.25, 0.3) is 0 Å². The van der Waals surface area contributed by atoms with Crippen molar-refractivity contribution in [2.75, 3.05) is 90.8 Å². The van der Waals surface area contributed by atoms with E-state index < -0.39 is 5.60 Å². The third-order valence-electron chi connectivity index (χ3n) is 5.85. The maximum Gasteiger partial charge on any atom is 0.112 e. The van der Waals surface area contributed by atoms with E-state index in [0.29, 0.717) is 26.4 Å². The molecule has 0 heterocycles. The highest BCUT2D eigenvalue weighted by molar-refractivity contribution is 5.52. The molecule has 0 radical (unpaired) electrons. The van der Waals surface area contributed by atoms with Crippen LogP contribution in [0.3, 0.4) is 0 Å². The molecule has 0 aliphatic heterocycles. The highest BCUT2D eigenvalue weighted by Crippen LogP contribution is 2.31. The van der Waals surface area contributed by atoms with Crippen molar-refractivity contribution in [2.24, 2.45) is 0 Å². The highest BCUT2D eigenvalue weighted by Gasteiger charge is 2.26. The van der Waals surface area contributed by atoms with Gasteiger partial charge in [0, 0.05) is 66.0 Å². The number of aliphatic hydroxyl groups is 1. The van der Waals surface area contributed by atoms with Crippen molar-refractivity contribution in [1.82, 2.24) is 0 Å². The molecule has 0 unspecified atom stereocenters. The molecule has 184 valence electrons. The Hall–Kier alpha value is -2.16. The molecule has 0 spiro atoms. The van der Waals surface area contributed by atoms with Crippen LogP contribution in [0.1, 0.15) is 18.1 Å². The van der Waals surface area contributed by atoms with Crippen molar-refractivity contribution in [3.63, 3.8) is 0 Å². The number of ether oxygens (including phenoxy) is 4. The second-order valence-electron chi connectivity index (χ2n) is 8.11.